The lowest BCUT2D eigenvalue weighted by atomic mass is 9.99. The summed E-state index contributed by atoms with van der Waals surface area (Å²) >= 11 is 4.80. The molecule has 0 aliphatic carbocycles. The number of thioether (sulfide) groups is 3. The standard InChI is InChI=1S/C24H27FN2O2S.C23H25FN2O2S.C23H25FN2OS/c1-4-26(5-2)24(28)23-21-18-15-16(29-6-3)11-12-19(18)27(14-13-25)22(21)17-9-7-8-10-20(17)30-23;1-4-25(5-2)23(27)22-20-19-16(10-8-11-17(19)28-3)26(14-13-24)21(20)15-9-6-7-12-18(15)29-22;1-4-25(5-2)23(27)22-20-16-8-6-7-9-18(16)26(13-12-24)21(20)17-11-10-15(3)14-19(17)28-22/h7-12,15,23H,4-6,13-14H2,1-3H3;6-12,22H,4-5,13-14H2,1-3H3;6-11,14,22H,4-5,12-13H2,1-3H3/i25-1;2*24-1. The second kappa shape index (κ2) is 27.9. The smallest absolute Gasteiger partial charge is 0.240 e. The monoisotopic (exact) mass is 1230 g/mol. The summed E-state index contributed by atoms with van der Waals surface area (Å²) in [6.45, 7) is 20.0. The van der Waals surface area contributed by atoms with Gasteiger partial charge in [-0.15, -0.1) is 35.3 Å². The van der Waals surface area contributed by atoms with Crippen LogP contribution in [-0.4, -0.2) is 119 Å². The normalized spacial score (nSPS) is 15.1. The quantitative estimate of drug-likeness (QED) is 0.0839. The van der Waals surface area contributed by atoms with Crippen LogP contribution in [0.2, 0.25) is 0 Å². The predicted molar refractivity (Wildman–Crippen MR) is 352 cm³/mol. The Hall–Kier alpha value is -7.21. The van der Waals surface area contributed by atoms with Crippen molar-refractivity contribution < 1.29 is 37.0 Å². The second-order valence-corrected chi connectivity index (χ2v) is 24.8. The van der Waals surface area contributed by atoms with Gasteiger partial charge in [0.05, 0.1) is 55.9 Å². The molecular formula is C70H77F3N6O5S3. The molecule has 3 unspecified atom stereocenters. The van der Waals surface area contributed by atoms with Crippen LogP contribution in [0.5, 0.6) is 11.5 Å². The number of para-hydroxylation sites is 1. The minimum Gasteiger partial charge on any atom is -0.496 e. The zero-order valence-electron chi connectivity index (χ0n) is 51.1. The van der Waals surface area contributed by atoms with Crippen molar-refractivity contribution in [3.05, 3.63) is 150 Å². The predicted octanol–water partition coefficient (Wildman–Crippen LogP) is 16.6. The molecule has 17 heteroatoms. The topological polar surface area (TPSA) is 94.2 Å². The zero-order chi connectivity index (χ0) is 61.6. The number of fused-ring (bicyclic) bond motifs is 15. The SMILES string of the molecule is CCN(CC)C(=O)C1Sc2cc(C)ccc2-c2c1c1ccccc1n2CC[18F].CCN(CC)C(=O)C1Sc2ccccc2-c2c1c1c(OC)cccc1n2CC[18F].CCOc1ccc2c(c1)c1c(n2CC[18F])-c2ccccc2SC1C(=O)N(CC)CC. The third-order valence-corrected chi connectivity index (χ3v) is 20.6. The Labute approximate surface area is 521 Å². The van der Waals surface area contributed by atoms with Gasteiger partial charge >= 0.3 is 0 Å². The summed E-state index contributed by atoms with van der Waals surface area (Å²) in [5, 5.41) is 1.86. The first kappa shape index (κ1) is 62.8. The van der Waals surface area contributed by atoms with Gasteiger partial charge in [-0.2, -0.15) is 0 Å². The number of hydrogen-bond donors (Lipinski definition) is 0. The molecule has 0 bridgehead atoms. The van der Waals surface area contributed by atoms with Gasteiger partial charge in [0, 0.05) is 115 Å². The van der Waals surface area contributed by atoms with Crippen LogP contribution in [0.15, 0.2) is 142 Å². The van der Waals surface area contributed by atoms with Crippen LogP contribution in [0.25, 0.3) is 66.5 Å². The summed E-state index contributed by atoms with van der Waals surface area (Å²) in [7, 11) is 1.64. The largest absolute Gasteiger partial charge is 0.496 e. The molecule has 0 spiro atoms. The fourth-order valence-electron chi connectivity index (χ4n) is 12.8. The Kier molecular flexibility index (Phi) is 20.1. The summed E-state index contributed by atoms with van der Waals surface area (Å²) in [5.74, 6) is 1.80. The third kappa shape index (κ3) is 11.6. The fourth-order valence-corrected chi connectivity index (χ4v) is 16.8. The molecule has 3 aromatic heterocycles. The first-order chi connectivity index (χ1) is 42.4. The van der Waals surface area contributed by atoms with Gasteiger partial charge in [-0.3, -0.25) is 14.4 Å². The number of rotatable bonds is 18. The van der Waals surface area contributed by atoms with Crippen LogP contribution in [0.1, 0.15) is 86.5 Å². The summed E-state index contributed by atoms with van der Waals surface area (Å²) in [6, 6.07) is 42.3. The van der Waals surface area contributed by atoms with Gasteiger partial charge in [0.1, 0.15) is 47.3 Å². The van der Waals surface area contributed by atoms with E-state index in [0.717, 1.165) is 109 Å². The molecule has 9 aromatic rings. The Morgan fingerprint density at radius 3 is 1.43 bits per heavy atom. The highest BCUT2D eigenvalue weighted by Gasteiger charge is 2.41. The number of hydrogen-bond acceptors (Lipinski definition) is 8. The van der Waals surface area contributed by atoms with E-state index in [9.17, 15) is 27.6 Å². The number of alkyl halides is 3. The zero-order valence-corrected chi connectivity index (χ0v) is 53.6. The van der Waals surface area contributed by atoms with E-state index < -0.39 is 20.0 Å². The summed E-state index contributed by atoms with van der Waals surface area (Å²) < 4.78 is 58.2. The molecule has 12 rings (SSSR count). The second-order valence-electron chi connectivity index (χ2n) is 21.3. The molecule has 456 valence electrons. The molecule has 0 saturated heterocycles. The van der Waals surface area contributed by atoms with Gasteiger partial charge in [-0.1, -0.05) is 72.8 Å². The van der Waals surface area contributed by atoms with Crippen molar-refractivity contribution in [3.8, 4) is 45.3 Å². The summed E-state index contributed by atoms with van der Waals surface area (Å²) in [5.41, 5.74) is 13.0. The van der Waals surface area contributed by atoms with Gasteiger partial charge < -0.3 is 37.9 Å². The van der Waals surface area contributed by atoms with Crippen LogP contribution in [-0.2, 0) is 34.0 Å². The van der Waals surface area contributed by atoms with Crippen LogP contribution in [0.3, 0.4) is 0 Å². The van der Waals surface area contributed by atoms with Gasteiger partial charge in [-0.05, 0) is 116 Å². The number of carbonyl (C=O) groups excluding carboxylic acids is 3. The number of ether oxygens (including phenoxy) is 2. The number of aryl methyl sites for hydroxylation is 4. The maximum Gasteiger partial charge on any atom is 0.240 e. The number of likely N-dealkylation sites (N-methyl/N-ethyl adjacent to an activating group) is 3. The molecule has 3 amide bonds. The number of aromatic nitrogens is 3. The van der Waals surface area contributed by atoms with Crippen LogP contribution in [0.4, 0.5) is 13.2 Å². The average molecular weight is 1230 g/mol. The van der Waals surface area contributed by atoms with E-state index in [-0.39, 0.29) is 46.6 Å². The minimum absolute atomic E-state index is 0.0842. The number of methoxy groups -OCH3 is 1. The minimum atomic E-state index is -0.475. The number of nitrogens with zero attached hydrogens (tertiary/aromatic N) is 6. The first-order valence-corrected chi connectivity index (χ1v) is 33.0. The van der Waals surface area contributed by atoms with Crippen LogP contribution in [0, 0.1) is 6.92 Å². The van der Waals surface area contributed by atoms with E-state index in [1.54, 1.807) is 42.4 Å². The molecule has 11 nitrogen and oxygen atoms in total. The molecule has 6 aromatic carbocycles. The maximum atomic E-state index is 13.6. The first-order valence-electron chi connectivity index (χ1n) is 30.3. The van der Waals surface area contributed by atoms with E-state index in [1.165, 1.54) is 0 Å². The van der Waals surface area contributed by atoms with E-state index in [0.29, 0.717) is 58.2 Å². The summed E-state index contributed by atoms with van der Waals surface area (Å²) in [6.07, 6.45) is 0. The lowest BCUT2D eigenvalue weighted by Crippen LogP contribution is -2.34. The van der Waals surface area contributed by atoms with Crippen molar-refractivity contribution in [1.29, 1.82) is 0 Å². The lowest BCUT2D eigenvalue weighted by molar-refractivity contribution is -0.131. The van der Waals surface area contributed by atoms with Crippen LogP contribution < -0.4 is 9.47 Å². The van der Waals surface area contributed by atoms with Crippen LogP contribution >= 0.6 is 35.3 Å². The van der Waals surface area contributed by atoms with Crippen molar-refractivity contribution in [3.63, 3.8) is 0 Å². The Balaban J connectivity index is 0.000000145. The molecule has 0 radical (unpaired) electrons. The van der Waals surface area contributed by atoms with E-state index in [2.05, 4.69) is 54.0 Å². The van der Waals surface area contributed by atoms with E-state index >= 15 is 0 Å². The number of benzene rings is 6. The number of halogens is 3. The van der Waals surface area contributed by atoms with Gasteiger partial charge in [0.25, 0.3) is 0 Å². The fraction of sp³-hybridized carbons (Fsp3) is 0.357. The Morgan fingerprint density at radius 1 is 0.471 bits per heavy atom. The molecule has 3 aliphatic rings. The van der Waals surface area contributed by atoms with Gasteiger partial charge in [0.2, 0.25) is 17.7 Å². The Bertz CT molecular complexity index is 3980. The van der Waals surface area contributed by atoms with E-state index in [1.807, 2.05) is 157 Å². The molecular weight excluding hydrogens is 1160 g/mol. The van der Waals surface area contributed by atoms with Crippen molar-refractivity contribution in [1.82, 2.24) is 28.4 Å². The Morgan fingerprint density at radius 2 is 0.908 bits per heavy atom. The van der Waals surface area contributed by atoms with Crippen molar-refractivity contribution in [2.45, 2.75) is 105 Å². The molecule has 0 saturated carbocycles. The van der Waals surface area contributed by atoms with Crippen molar-refractivity contribution in [2.24, 2.45) is 0 Å². The number of amides is 3. The maximum absolute atomic E-state index is 13.6. The van der Waals surface area contributed by atoms with E-state index in [4.69, 9.17) is 9.47 Å². The van der Waals surface area contributed by atoms with Crippen molar-refractivity contribution in [2.75, 3.05) is 73.0 Å². The highest BCUT2D eigenvalue weighted by Crippen LogP contribution is 2.57. The highest BCUT2D eigenvalue weighted by atomic mass is 32.2. The number of carbonyl (C=O) groups is 3. The lowest BCUT2D eigenvalue weighted by Gasteiger charge is -2.30. The average Bonchev–Trinajstić information content (AvgIpc) is 1.63. The third-order valence-electron chi connectivity index (χ3n) is 16.7. The molecule has 3 aliphatic heterocycles. The molecule has 0 fully saturated rings. The van der Waals surface area contributed by atoms with Crippen molar-refractivity contribution >= 4 is 85.7 Å². The van der Waals surface area contributed by atoms with Gasteiger partial charge in [-0.25, -0.2) is 13.2 Å². The molecule has 6 heterocycles. The molecule has 3 atom stereocenters. The molecule has 87 heavy (non-hydrogen) atoms. The molecule has 0 N–H and O–H groups in total. The summed E-state index contributed by atoms with van der Waals surface area (Å²) in [4.78, 5) is 49.4. The van der Waals surface area contributed by atoms with Gasteiger partial charge in [0.15, 0.2) is 0 Å². The highest BCUT2D eigenvalue weighted by molar-refractivity contribution is 8.01.